The molecular formula is C22H24N2O4. The van der Waals surface area contributed by atoms with Gasteiger partial charge in [-0.15, -0.1) is 0 Å². The monoisotopic (exact) mass is 380 g/mol. The Balaban J connectivity index is 1.51. The number of carboxylic acid groups (broad SMARTS) is 1. The van der Waals surface area contributed by atoms with Gasteiger partial charge in [-0.25, -0.2) is 9.59 Å². The number of aliphatic carboxylic acids is 1. The summed E-state index contributed by atoms with van der Waals surface area (Å²) in [6.45, 7) is 0. The highest BCUT2D eigenvalue weighted by Gasteiger charge is 2.26. The van der Waals surface area contributed by atoms with Gasteiger partial charge in [0.25, 0.3) is 0 Å². The van der Waals surface area contributed by atoms with Crippen LogP contribution in [-0.2, 0) is 36.9 Å². The van der Waals surface area contributed by atoms with Crippen LogP contribution in [0.25, 0.3) is 0 Å². The average molecular weight is 380 g/mol. The smallest absolute Gasteiger partial charge is 0.326 e. The lowest BCUT2D eigenvalue weighted by Crippen LogP contribution is -2.44. The van der Waals surface area contributed by atoms with Gasteiger partial charge in [0.1, 0.15) is 11.8 Å². The Morgan fingerprint density at radius 3 is 2.29 bits per heavy atom. The Bertz CT molecular complexity index is 906. The van der Waals surface area contributed by atoms with Gasteiger partial charge in [-0.2, -0.15) is 0 Å². The highest BCUT2D eigenvalue weighted by atomic mass is 16.4. The van der Waals surface area contributed by atoms with Crippen molar-refractivity contribution in [3.05, 3.63) is 58.1 Å². The summed E-state index contributed by atoms with van der Waals surface area (Å²) in [6.07, 6.45) is 6.24. The summed E-state index contributed by atoms with van der Waals surface area (Å²) in [5.41, 5.74) is 6.57. The fourth-order valence-electron chi connectivity index (χ4n) is 4.39. The molecule has 4 N–H and O–H groups in total. The van der Waals surface area contributed by atoms with Crippen LogP contribution < -0.4 is 10.6 Å². The zero-order chi connectivity index (χ0) is 19.7. The van der Waals surface area contributed by atoms with Gasteiger partial charge < -0.3 is 20.8 Å². The molecule has 0 spiro atoms. The van der Waals surface area contributed by atoms with Crippen molar-refractivity contribution in [2.45, 2.75) is 51.0 Å². The fraction of sp³-hybridized carbons (Fsp3) is 0.364. The number of fused-ring (bicyclic) bond motifs is 2. The van der Waals surface area contributed by atoms with Gasteiger partial charge >= 0.3 is 12.0 Å². The lowest BCUT2D eigenvalue weighted by Gasteiger charge is -2.19. The summed E-state index contributed by atoms with van der Waals surface area (Å²) in [5.74, 6) is -1.04. The van der Waals surface area contributed by atoms with Crippen molar-refractivity contribution in [3.63, 3.8) is 0 Å². The molecule has 0 aromatic heterocycles. The van der Waals surface area contributed by atoms with E-state index in [1.165, 1.54) is 34.4 Å². The lowest BCUT2D eigenvalue weighted by atomic mass is 9.99. The summed E-state index contributed by atoms with van der Waals surface area (Å²) in [7, 11) is 0. The maximum Gasteiger partial charge on any atom is 0.326 e. The zero-order valence-corrected chi connectivity index (χ0v) is 15.6. The molecule has 1 atom stereocenters. The van der Waals surface area contributed by atoms with E-state index in [4.69, 9.17) is 0 Å². The first kappa shape index (κ1) is 18.3. The normalized spacial score (nSPS) is 15.6. The first-order valence-electron chi connectivity index (χ1n) is 9.76. The van der Waals surface area contributed by atoms with Crippen LogP contribution in [-0.4, -0.2) is 28.3 Å². The molecule has 6 heteroatoms. The van der Waals surface area contributed by atoms with Crippen molar-refractivity contribution in [2.75, 3.05) is 5.32 Å². The van der Waals surface area contributed by atoms with Crippen LogP contribution in [0.2, 0.25) is 0 Å². The highest BCUT2D eigenvalue weighted by Crippen LogP contribution is 2.38. The average Bonchev–Trinajstić information content (AvgIpc) is 3.30. The van der Waals surface area contributed by atoms with Crippen LogP contribution in [0.5, 0.6) is 5.75 Å². The highest BCUT2D eigenvalue weighted by molar-refractivity contribution is 5.94. The van der Waals surface area contributed by atoms with Gasteiger partial charge in [0.05, 0.1) is 0 Å². The fourth-order valence-corrected chi connectivity index (χ4v) is 4.39. The molecular weight excluding hydrogens is 356 g/mol. The molecule has 2 aliphatic rings. The molecule has 0 radical (unpaired) electrons. The quantitative estimate of drug-likeness (QED) is 0.640. The second-order valence-corrected chi connectivity index (χ2v) is 7.60. The Kier molecular flexibility index (Phi) is 4.94. The molecule has 0 saturated carbocycles. The molecule has 2 aromatic rings. The first-order chi connectivity index (χ1) is 13.5. The summed E-state index contributed by atoms with van der Waals surface area (Å²) in [6, 6.07) is 7.12. The number of phenolic OH excluding ortho intramolecular Hbond substituents is 1. The Morgan fingerprint density at radius 1 is 1.00 bits per heavy atom. The van der Waals surface area contributed by atoms with E-state index in [1.54, 1.807) is 12.1 Å². The molecule has 0 saturated heterocycles. The number of nitrogens with one attached hydrogen (secondary N) is 2. The molecule has 28 heavy (non-hydrogen) atoms. The second-order valence-electron chi connectivity index (χ2n) is 7.60. The summed E-state index contributed by atoms with van der Waals surface area (Å²) in [4.78, 5) is 24.3. The third-order valence-electron chi connectivity index (χ3n) is 5.67. The minimum atomic E-state index is -1.11. The van der Waals surface area contributed by atoms with Gasteiger partial charge in [-0.1, -0.05) is 18.2 Å². The minimum absolute atomic E-state index is 0.0708. The van der Waals surface area contributed by atoms with Gasteiger partial charge in [-0.05, 0) is 78.5 Å². The third-order valence-corrected chi connectivity index (χ3v) is 5.67. The summed E-state index contributed by atoms with van der Waals surface area (Å²) < 4.78 is 0. The summed E-state index contributed by atoms with van der Waals surface area (Å²) in [5, 5.41) is 24.6. The zero-order valence-electron chi connectivity index (χ0n) is 15.6. The Labute approximate surface area is 163 Å². The van der Waals surface area contributed by atoms with Crippen molar-refractivity contribution in [1.29, 1.82) is 0 Å². The second kappa shape index (κ2) is 7.54. The van der Waals surface area contributed by atoms with E-state index >= 15 is 0 Å². The Morgan fingerprint density at radius 2 is 1.68 bits per heavy atom. The number of aromatic hydroxyl groups is 1. The van der Waals surface area contributed by atoms with E-state index in [9.17, 15) is 19.8 Å². The number of hydrogen-bond donors (Lipinski definition) is 4. The number of hydrogen-bond acceptors (Lipinski definition) is 3. The number of rotatable bonds is 5. The number of aryl methyl sites for hydroxylation is 2. The largest absolute Gasteiger partial charge is 0.508 e. The first-order valence-corrected chi connectivity index (χ1v) is 9.76. The van der Waals surface area contributed by atoms with Crippen molar-refractivity contribution in [2.24, 2.45) is 0 Å². The van der Waals surface area contributed by atoms with Crippen LogP contribution in [0, 0.1) is 0 Å². The van der Waals surface area contributed by atoms with E-state index in [-0.39, 0.29) is 12.2 Å². The number of carboxylic acids is 1. The summed E-state index contributed by atoms with van der Waals surface area (Å²) >= 11 is 0. The molecule has 146 valence electrons. The number of amides is 2. The van der Waals surface area contributed by atoms with Crippen molar-refractivity contribution in [3.8, 4) is 5.75 Å². The van der Waals surface area contributed by atoms with E-state index in [1.807, 2.05) is 0 Å². The molecule has 0 heterocycles. The predicted molar refractivity (Wildman–Crippen MR) is 106 cm³/mol. The van der Waals surface area contributed by atoms with Gasteiger partial charge in [0.2, 0.25) is 0 Å². The lowest BCUT2D eigenvalue weighted by molar-refractivity contribution is -0.139. The molecule has 2 amide bonds. The van der Waals surface area contributed by atoms with Crippen LogP contribution in [0.3, 0.4) is 0 Å². The molecule has 2 aliphatic carbocycles. The molecule has 0 bridgehead atoms. The molecule has 0 fully saturated rings. The number of carbonyl (C=O) groups excluding carboxylic acids is 1. The number of benzene rings is 2. The van der Waals surface area contributed by atoms with Gasteiger partial charge in [0, 0.05) is 12.1 Å². The molecule has 1 unspecified atom stereocenters. The van der Waals surface area contributed by atoms with Gasteiger partial charge in [-0.3, -0.25) is 0 Å². The number of carbonyl (C=O) groups is 2. The topological polar surface area (TPSA) is 98.7 Å². The van der Waals surface area contributed by atoms with Crippen LogP contribution in [0.1, 0.15) is 40.7 Å². The van der Waals surface area contributed by atoms with E-state index in [0.717, 1.165) is 44.2 Å². The number of anilines is 1. The van der Waals surface area contributed by atoms with Crippen LogP contribution in [0.4, 0.5) is 10.5 Å². The molecule has 4 rings (SSSR count). The van der Waals surface area contributed by atoms with Gasteiger partial charge in [0.15, 0.2) is 0 Å². The van der Waals surface area contributed by atoms with Crippen molar-refractivity contribution in [1.82, 2.24) is 5.32 Å². The predicted octanol–water partition coefficient (Wildman–Crippen LogP) is 3.19. The van der Waals surface area contributed by atoms with E-state index in [0.29, 0.717) is 5.56 Å². The van der Waals surface area contributed by atoms with E-state index < -0.39 is 18.0 Å². The van der Waals surface area contributed by atoms with Crippen LogP contribution in [0.15, 0.2) is 30.3 Å². The van der Waals surface area contributed by atoms with E-state index in [2.05, 4.69) is 16.7 Å². The molecule has 0 aliphatic heterocycles. The maximum absolute atomic E-state index is 12.6. The van der Waals surface area contributed by atoms with Crippen molar-refractivity contribution >= 4 is 17.7 Å². The minimum Gasteiger partial charge on any atom is -0.508 e. The third kappa shape index (κ3) is 3.67. The maximum atomic E-state index is 12.6. The van der Waals surface area contributed by atoms with Crippen molar-refractivity contribution < 1.29 is 19.8 Å². The van der Waals surface area contributed by atoms with Crippen LogP contribution >= 0.6 is 0 Å². The SMILES string of the molecule is O=C(Nc1c2c(cc3c1CCC3)CCC2)NC(Cc1cccc(O)c1)C(=O)O. The standard InChI is InChI=1S/C22H24N2O4/c25-16-7-1-4-13(10-16)11-19(21(26)27)23-22(28)24-20-17-8-2-5-14(17)12-15-6-3-9-18(15)20/h1,4,7,10,12,19,25H,2-3,5-6,8-9,11H2,(H,26,27)(H2,23,24,28). The Hall–Kier alpha value is -3.02. The number of urea groups is 1. The number of phenols is 1. The molecule has 2 aromatic carbocycles. The molecule has 6 nitrogen and oxygen atoms in total.